The van der Waals surface area contributed by atoms with E-state index in [4.69, 9.17) is 9.97 Å². The Balaban J connectivity index is 1.39. The fraction of sp³-hybridized carbons (Fsp3) is 0.182. The molecule has 1 aliphatic rings. The van der Waals surface area contributed by atoms with Crippen molar-refractivity contribution in [1.82, 2.24) is 24.8 Å². The molecule has 1 N–H and O–H groups in total. The third kappa shape index (κ3) is 3.18. The zero-order valence-electron chi connectivity index (χ0n) is 15.3. The van der Waals surface area contributed by atoms with Gasteiger partial charge in [-0.1, -0.05) is 24.3 Å². The van der Waals surface area contributed by atoms with Crippen molar-refractivity contribution in [2.75, 3.05) is 6.54 Å². The lowest BCUT2D eigenvalue weighted by atomic mass is 10.1. The van der Waals surface area contributed by atoms with Gasteiger partial charge in [-0.05, 0) is 24.3 Å². The van der Waals surface area contributed by atoms with Gasteiger partial charge in [0.2, 0.25) is 0 Å². The molecule has 0 fully saturated rings. The minimum Gasteiger partial charge on any atom is -0.306 e. The first kappa shape index (κ1) is 16.8. The normalized spacial score (nSPS) is 14.1. The van der Waals surface area contributed by atoms with Gasteiger partial charge in [-0.3, -0.25) is 19.7 Å². The Bertz CT molecular complexity index is 1200. The third-order valence-electron chi connectivity index (χ3n) is 5.14. The average molecular weight is 369 g/mol. The summed E-state index contributed by atoms with van der Waals surface area (Å²) in [5, 5.41) is 1.14. The van der Waals surface area contributed by atoms with E-state index in [2.05, 4.69) is 33.1 Å². The molecule has 0 bridgehead atoms. The van der Waals surface area contributed by atoms with Crippen LogP contribution in [0.25, 0.3) is 22.3 Å². The van der Waals surface area contributed by atoms with E-state index < -0.39 is 0 Å². The molecular weight excluding hydrogens is 350 g/mol. The van der Waals surface area contributed by atoms with Gasteiger partial charge in [-0.2, -0.15) is 0 Å². The SMILES string of the molecule is O=c1[nH]c(-c2ccncc2)nc2c1CN(Cc1ccc3ccccc3n1)CC2. The van der Waals surface area contributed by atoms with Crippen LogP contribution in [0.3, 0.4) is 0 Å². The van der Waals surface area contributed by atoms with Crippen LogP contribution in [0.5, 0.6) is 0 Å². The average Bonchev–Trinajstić information content (AvgIpc) is 2.74. The van der Waals surface area contributed by atoms with Gasteiger partial charge in [0.05, 0.1) is 22.5 Å². The number of benzene rings is 1. The lowest BCUT2D eigenvalue weighted by Gasteiger charge is -2.27. The summed E-state index contributed by atoms with van der Waals surface area (Å²) in [5.41, 5.74) is 4.47. The first-order valence-electron chi connectivity index (χ1n) is 9.36. The van der Waals surface area contributed by atoms with Gasteiger partial charge in [0.15, 0.2) is 0 Å². The number of hydrogen-bond donors (Lipinski definition) is 1. The second kappa shape index (κ2) is 6.98. The minimum atomic E-state index is -0.0621. The second-order valence-corrected chi connectivity index (χ2v) is 7.03. The van der Waals surface area contributed by atoms with Gasteiger partial charge in [-0.15, -0.1) is 0 Å². The van der Waals surface area contributed by atoms with Crippen LogP contribution in [-0.4, -0.2) is 31.4 Å². The first-order chi connectivity index (χ1) is 13.8. The molecular formula is C22H19N5O. The number of nitrogens with one attached hydrogen (secondary N) is 1. The van der Waals surface area contributed by atoms with Crippen LogP contribution in [-0.2, 0) is 19.5 Å². The molecule has 1 aliphatic heterocycles. The Kier molecular flexibility index (Phi) is 4.18. The van der Waals surface area contributed by atoms with Crippen molar-refractivity contribution in [2.24, 2.45) is 0 Å². The summed E-state index contributed by atoms with van der Waals surface area (Å²) in [6, 6.07) is 16.0. The smallest absolute Gasteiger partial charge is 0.255 e. The summed E-state index contributed by atoms with van der Waals surface area (Å²) in [6.45, 7) is 2.16. The molecule has 3 aromatic heterocycles. The molecule has 28 heavy (non-hydrogen) atoms. The number of aromatic nitrogens is 4. The third-order valence-corrected chi connectivity index (χ3v) is 5.14. The fourth-order valence-corrected chi connectivity index (χ4v) is 3.69. The Morgan fingerprint density at radius 2 is 1.86 bits per heavy atom. The van der Waals surface area contributed by atoms with Crippen LogP contribution < -0.4 is 5.56 Å². The number of pyridine rings is 2. The molecule has 0 saturated heterocycles. The quantitative estimate of drug-likeness (QED) is 0.601. The highest BCUT2D eigenvalue weighted by Crippen LogP contribution is 2.20. The van der Waals surface area contributed by atoms with Crippen molar-refractivity contribution in [3.05, 3.63) is 88.2 Å². The topological polar surface area (TPSA) is 74.8 Å². The molecule has 6 nitrogen and oxygen atoms in total. The minimum absolute atomic E-state index is 0.0621. The predicted molar refractivity (Wildman–Crippen MR) is 108 cm³/mol. The van der Waals surface area contributed by atoms with E-state index in [0.717, 1.165) is 52.9 Å². The maximum absolute atomic E-state index is 12.7. The Morgan fingerprint density at radius 1 is 1.00 bits per heavy atom. The van der Waals surface area contributed by atoms with Gasteiger partial charge in [0.25, 0.3) is 5.56 Å². The molecule has 0 amide bonds. The number of hydrogen-bond acceptors (Lipinski definition) is 5. The zero-order chi connectivity index (χ0) is 18.9. The largest absolute Gasteiger partial charge is 0.306 e. The predicted octanol–water partition coefficient (Wildman–Crippen LogP) is 2.94. The molecule has 4 aromatic rings. The van der Waals surface area contributed by atoms with E-state index in [0.29, 0.717) is 12.4 Å². The van der Waals surface area contributed by atoms with Gasteiger partial charge >= 0.3 is 0 Å². The number of para-hydroxylation sites is 1. The molecule has 0 atom stereocenters. The molecule has 0 saturated carbocycles. The van der Waals surface area contributed by atoms with Gasteiger partial charge in [0.1, 0.15) is 5.82 Å². The Labute approximate surface area is 161 Å². The van der Waals surface area contributed by atoms with Crippen molar-refractivity contribution >= 4 is 10.9 Å². The number of nitrogens with zero attached hydrogens (tertiary/aromatic N) is 4. The van der Waals surface area contributed by atoms with Crippen LogP contribution in [0, 0.1) is 0 Å². The molecule has 1 aromatic carbocycles. The van der Waals surface area contributed by atoms with Gasteiger partial charge in [0, 0.05) is 49.4 Å². The van der Waals surface area contributed by atoms with Gasteiger partial charge in [-0.25, -0.2) is 4.98 Å². The number of aromatic amines is 1. The highest BCUT2D eigenvalue weighted by molar-refractivity contribution is 5.78. The summed E-state index contributed by atoms with van der Waals surface area (Å²) in [6.07, 6.45) is 4.16. The zero-order valence-corrected chi connectivity index (χ0v) is 15.3. The standard InChI is InChI=1S/C22H19N5O/c28-22-18-14-27(13-17-6-5-15-3-1-2-4-19(15)24-17)12-9-20(18)25-21(26-22)16-7-10-23-11-8-16/h1-8,10-11H,9,12-14H2,(H,25,26,28). The molecule has 0 spiro atoms. The summed E-state index contributed by atoms with van der Waals surface area (Å²) in [7, 11) is 0. The first-order valence-corrected chi connectivity index (χ1v) is 9.36. The van der Waals surface area contributed by atoms with E-state index in [9.17, 15) is 4.79 Å². The highest BCUT2D eigenvalue weighted by atomic mass is 16.1. The van der Waals surface area contributed by atoms with E-state index in [1.54, 1.807) is 12.4 Å². The molecule has 138 valence electrons. The molecule has 6 heteroatoms. The Morgan fingerprint density at radius 3 is 2.75 bits per heavy atom. The van der Waals surface area contributed by atoms with E-state index >= 15 is 0 Å². The van der Waals surface area contributed by atoms with Crippen LogP contribution in [0.15, 0.2) is 65.7 Å². The van der Waals surface area contributed by atoms with Crippen molar-refractivity contribution in [1.29, 1.82) is 0 Å². The summed E-state index contributed by atoms with van der Waals surface area (Å²) in [4.78, 5) is 31.3. The van der Waals surface area contributed by atoms with Gasteiger partial charge < -0.3 is 4.98 Å². The van der Waals surface area contributed by atoms with Crippen LogP contribution in [0.2, 0.25) is 0 Å². The maximum Gasteiger partial charge on any atom is 0.255 e. The lowest BCUT2D eigenvalue weighted by molar-refractivity contribution is 0.239. The summed E-state index contributed by atoms with van der Waals surface area (Å²) in [5.74, 6) is 0.607. The van der Waals surface area contributed by atoms with Crippen LogP contribution >= 0.6 is 0 Å². The molecule has 5 rings (SSSR count). The van der Waals surface area contributed by atoms with Crippen molar-refractivity contribution in [3.8, 4) is 11.4 Å². The van der Waals surface area contributed by atoms with E-state index in [1.807, 2.05) is 30.3 Å². The monoisotopic (exact) mass is 369 g/mol. The van der Waals surface area contributed by atoms with E-state index in [1.165, 1.54) is 0 Å². The fourth-order valence-electron chi connectivity index (χ4n) is 3.69. The lowest BCUT2D eigenvalue weighted by Crippen LogP contribution is -2.35. The Hall–Kier alpha value is -3.38. The van der Waals surface area contributed by atoms with Crippen molar-refractivity contribution in [2.45, 2.75) is 19.5 Å². The summed E-state index contributed by atoms with van der Waals surface area (Å²) < 4.78 is 0. The number of fused-ring (bicyclic) bond motifs is 2. The molecule has 0 radical (unpaired) electrons. The number of rotatable bonds is 3. The second-order valence-electron chi connectivity index (χ2n) is 7.03. The number of H-pyrrole nitrogens is 1. The van der Waals surface area contributed by atoms with Crippen molar-refractivity contribution < 1.29 is 0 Å². The molecule has 4 heterocycles. The van der Waals surface area contributed by atoms with Crippen LogP contribution in [0.4, 0.5) is 0 Å². The highest BCUT2D eigenvalue weighted by Gasteiger charge is 2.22. The summed E-state index contributed by atoms with van der Waals surface area (Å²) >= 11 is 0. The van der Waals surface area contributed by atoms with Crippen LogP contribution in [0.1, 0.15) is 17.0 Å². The molecule has 0 unspecified atom stereocenters. The van der Waals surface area contributed by atoms with E-state index in [-0.39, 0.29) is 5.56 Å². The molecule has 0 aliphatic carbocycles. The van der Waals surface area contributed by atoms with Crippen molar-refractivity contribution in [3.63, 3.8) is 0 Å². The maximum atomic E-state index is 12.7.